The van der Waals surface area contributed by atoms with E-state index in [0.717, 1.165) is 0 Å². The Morgan fingerprint density at radius 2 is 1.22 bits per heavy atom. The van der Waals surface area contributed by atoms with Crippen molar-refractivity contribution in [3.8, 4) is 0 Å². The van der Waals surface area contributed by atoms with Gasteiger partial charge in [-0.25, -0.2) is 0 Å². The Morgan fingerprint density at radius 1 is 1.11 bits per heavy atom. The van der Waals surface area contributed by atoms with E-state index in [0.29, 0.717) is 5.41 Å². The molecule has 0 aromatic carbocycles. The van der Waals surface area contributed by atoms with Crippen LogP contribution in [0.15, 0.2) is 25.3 Å². The van der Waals surface area contributed by atoms with Gasteiger partial charge in [-0.05, 0) is 12.3 Å². The van der Waals surface area contributed by atoms with Gasteiger partial charge in [0.1, 0.15) is 0 Å². The third-order valence-corrected chi connectivity index (χ3v) is 0.612. The topological polar surface area (TPSA) is 0 Å². The summed E-state index contributed by atoms with van der Waals surface area (Å²) in [5, 5.41) is 0. The molecule has 0 nitrogen and oxygen atoms in total. The monoisotopic (exact) mass is 126 g/mol. The number of rotatable bonds is 0. The highest BCUT2D eigenvalue weighted by atomic mass is 14.0. The smallest absolute Gasteiger partial charge is 0.0206 e. The lowest BCUT2D eigenvalue weighted by Gasteiger charge is -2.08. The van der Waals surface area contributed by atoms with E-state index < -0.39 is 0 Å². The van der Waals surface area contributed by atoms with Crippen LogP contribution in [0.1, 0.15) is 27.7 Å². The molecule has 0 heterocycles. The van der Waals surface area contributed by atoms with Gasteiger partial charge in [-0.3, -0.25) is 0 Å². The van der Waals surface area contributed by atoms with E-state index >= 15 is 0 Å². The van der Waals surface area contributed by atoms with Gasteiger partial charge in [0.25, 0.3) is 0 Å². The summed E-state index contributed by atoms with van der Waals surface area (Å²) in [5.74, 6) is 0. The summed E-state index contributed by atoms with van der Waals surface area (Å²) in [4.78, 5) is 0. The predicted molar refractivity (Wildman–Crippen MR) is 45.5 cm³/mol. The molecule has 54 valence electrons. The first-order valence-corrected chi connectivity index (χ1v) is 3.18. The van der Waals surface area contributed by atoms with Gasteiger partial charge in [0, 0.05) is 0 Å². The number of hydrogen-bond donors (Lipinski definition) is 0. The molecule has 0 spiro atoms. The van der Waals surface area contributed by atoms with Crippen molar-refractivity contribution >= 4 is 0 Å². The Bertz CT molecular complexity index is 72.5. The second-order valence-electron chi connectivity index (χ2n) is 2.98. The molecular formula is C9H18. The fourth-order valence-corrected chi connectivity index (χ4v) is 0. The molecule has 0 atom stereocenters. The van der Waals surface area contributed by atoms with Crippen LogP contribution in [0, 0.1) is 5.41 Å². The SMILES string of the molecule is C=CC.C=CC(C)(C)C. The van der Waals surface area contributed by atoms with E-state index in [1.807, 2.05) is 13.0 Å². The maximum Gasteiger partial charge on any atom is -0.0206 e. The van der Waals surface area contributed by atoms with Crippen LogP contribution in [0.4, 0.5) is 0 Å². The van der Waals surface area contributed by atoms with E-state index in [4.69, 9.17) is 0 Å². The number of allylic oxidation sites excluding steroid dienone is 2. The standard InChI is InChI=1S/C6H12.C3H6/c1-5-6(2,3)4;1-3-2/h5H,1H2,2-4H3;3H,1H2,2H3. The minimum Gasteiger partial charge on any atom is -0.103 e. The van der Waals surface area contributed by atoms with Crippen LogP contribution in [0.3, 0.4) is 0 Å². The summed E-state index contributed by atoms with van der Waals surface area (Å²) in [5.41, 5.74) is 0.306. The lowest BCUT2D eigenvalue weighted by molar-refractivity contribution is 0.546. The molecule has 0 saturated heterocycles. The summed E-state index contributed by atoms with van der Waals surface area (Å²) < 4.78 is 0. The summed E-state index contributed by atoms with van der Waals surface area (Å²) >= 11 is 0. The molecule has 0 saturated carbocycles. The van der Waals surface area contributed by atoms with Gasteiger partial charge in [0.2, 0.25) is 0 Å². The van der Waals surface area contributed by atoms with Gasteiger partial charge < -0.3 is 0 Å². The molecule has 0 rings (SSSR count). The molecule has 0 aliphatic heterocycles. The van der Waals surface area contributed by atoms with Gasteiger partial charge in [0.15, 0.2) is 0 Å². The van der Waals surface area contributed by atoms with Crippen molar-refractivity contribution in [1.29, 1.82) is 0 Å². The molecule has 0 bridgehead atoms. The molecule has 9 heavy (non-hydrogen) atoms. The van der Waals surface area contributed by atoms with Crippen LogP contribution in [0.2, 0.25) is 0 Å². The van der Waals surface area contributed by atoms with E-state index in [1.54, 1.807) is 6.08 Å². The van der Waals surface area contributed by atoms with Crippen molar-refractivity contribution in [3.63, 3.8) is 0 Å². The maximum atomic E-state index is 3.63. The van der Waals surface area contributed by atoms with Crippen molar-refractivity contribution in [2.45, 2.75) is 27.7 Å². The third-order valence-electron chi connectivity index (χ3n) is 0.612. The first-order valence-electron chi connectivity index (χ1n) is 3.18. The quantitative estimate of drug-likeness (QED) is 0.436. The predicted octanol–water partition coefficient (Wildman–Crippen LogP) is 3.41. The van der Waals surface area contributed by atoms with E-state index in [-0.39, 0.29) is 0 Å². The molecule has 0 aromatic rings. The Balaban J connectivity index is 0. The van der Waals surface area contributed by atoms with Crippen LogP contribution in [0.5, 0.6) is 0 Å². The molecule has 0 fully saturated rings. The minimum atomic E-state index is 0.306. The molecule has 0 aliphatic carbocycles. The lowest BCUT2D eigenvalue weighted by Crippen LogP contribution is -1.96. The zero-order valence-electron chi connectivity index (χ0n) is 7.07. The second kappa shape index (κ2) is 5.61. The molecule has 0 heteroatoms. The summed E-state index contributed by atoms with van der Waals surface area (Å²) in [6, 6.07) is 0. The zero-order valence-corrected chi connectivity index (χ0v) is 7.07. The van der Waals surface area contributed by atoms with Crippen molar-refractivity contribution < 1.29 is 0 Å². The van der Waals surface area contributed by atoms with Crippen LogP contribution in [-0.4, -0.2) is 0 Å². The Morgan fingerprint density at radius 3 is 1.22 bits per heavy atom. The summed E-state index contributed by atoms with van der Waals surface area (Å²) in [6.07, 6.45) is 3.69. The summed E-state index contributed by atoms with van der Waals surface area (Å²) in [6.45, 7) is 15.3. The first-order chi connectivity index (χ1) is 3.97. The van der Waals surface area contributed by atoms with E-state index in [9.17, 15) is 0 Å². The highest BCUT2D eigenvalue weighted by Crippen LogP contribution is 2.11. The molecule has 0 aromatic heterocycles. The second-order valence-corrected chi connectivity index (χ2v) is 2.98. The largest absolute Gasteiger partial charge is 0.103 e. The first kappa shape index (κ1) is 11.3. The highest BCUT2D eigenvalue weighted by Gasteiger charge is 1.99. The van der Waals surface area contributed by atoms with Crippen LogP contribution in [-0.2, 0) is 0 Å². The van der Waals surface area contributed by atoms with Crippen molar-refractivity contribution in [2.24, 2.45) is 5.41 Å². The van der Waals surface area contributed by atoms with Crippen molar-refractivity contribution in [1.82, 2.24) is 0 Å². The number of hydrogen-bond acceptors (Lipinski definition) is 0. The van der Waals surface area contributed by atoms with Crippen LogP contribution in [0.25, 0.3) is 0 Å². The maximum absolute atomic E-state index is 3.63. The van der Waals surface area contributed by atoms with Gasteiger partial charge in [-0.15, -0.1) is 13.2 Å². The normalized spacial score (nSPS) is 8.89. The third kappa shape index (κ3) is 36.5. The van der Waals surface area contributed by atoms with Gasteiger partial charge >= 0.3 is 0 Å². The van der Waals surface area contributed by atoms with Crippen LogP contribution >= 0.6 is 0 Å². The zero-order chi connectivity index (χ0) is 7.91. The van der Waals surface area contributed by atoms with Crippen molar-refractivity contribution in [3.05, 3.63) is 25.3 Å². The van der Waals surface area contributed by atoms with Crippen molar-refractivity contribution in [2.75, 3.05) is 0 Å². The Labute approximate surface area is 59.3 Å². The highest BCUT2D eigenvalue weighted by molar-refractivity contribution is 4.82. The Hall–Kier alpha value is -0.520. The van der Waals surface area contributed by atoms with Gasteiger partial charge in [-0.2, -0.15) is 0 Å². The molecule has 0 N–H and O–H groups in total. The van der Waals surface area contributed by atoms with Gasteiger partial charge in [0.05, 0.1) is 0 Å². The molecular weight excluding hydrogens is 108 g/mol. The Kier molecular flexibility index (Phi) is 7.05. The molecule has 0 aliphatic rings. The molecule has 0 unspecified atom stereocenters. The molecule has 0 amide bonds. The van der Waals surface area contributed by atoms with Gasteiger partial charge in [-0.1, -0.05) is 32.9 Å². The van der Waals surface area contributed by atoms with Crippen LogP contribution < -0.4 is 0 Å². The molecule has 0 radical (unpaired) electrons. The fourth-order valence-electron chi connectivity index (χ4n) is 0. The van der Waals surface area contributed by atoms with E-state index in [1.165, 1.54) is 0 Å². The lowest BCUT2D eigenvalue weighted by atomic mass is 9.98. The average molecular weight is 126 g/mol. The average Bonchev–Trinajstić information content (AvgIpc) is 1.67. The summed E-state index contributed by atoms with van der Waals surface area (Å²) in [7, 11) is 0. The minimum absolute atomic E-state index is 0.306. The fraction of sp³-hybridized carbons (Fsp3) is 0.556. The van der Waals surface area contributed by atoms with E-state index in [2.05, 4.69) is 33.9 Å².